The van der Waals surface area contributed by atoms with Crippen LogP contribution in [0, 0.1) is 0 Å². The van der Waals surface area contributed by atoms with Crippen LogP contribution in [0.15, 0.2) is 158 Å². The van der Waals surface area contributed by atoms with Crippen LogP contribution in [0.2, 0.25) is 0 Å². The van der Waals surface area contributed by atoms with Gasteiger partial charge in [-0.15, -0.1) is 0 Å². The van der Waals surface area contributed by atoms with Gasteiger partial charge in [-0.3, -0.25) is 9.59 Å². The highest BCUT2D eigenvalue weighted by molar-refractivity contribution is 8.14. The third-order valence-electron chi connectivity index (χ3n) is 14.2. The van der Waals surface area contributed by atoms with Crippen molar-refractivity contribution in [2.45, 2.75) is 160 Å². The molecule has 3 saturated heterocycles. The van der Waals surface area contributed by atoms with E-state index < -0.39 is 83.3 Å². The number of H-pyrrole nitrogens is 1. The number of Topliss-reactive ketones (excluding diaryl/α,β-unsaturated/α-hetero) is 1. The number of halogens is 1. The van der Waals surface area contributed by atoms with Crippen LogP contribution >= 0.6 is 10.7 Å². The molecule has 3 atom stereocenters. The Balaban J connectivity index is 0.000000467. The summed E-state index contributed by atoms with van der Waals surface area (Å²) in [5.41, 5.74) is 4.72. The van der Waals surface area contributed by atoms with Crippen LogP contribution in [-0.2, 0) is 77.6 Å². The number of aromatic nitrogens is 3. The summed E-state index contributed by atoms with van der Waals surface area (Å²) in [4.78, 5) is 49.5. The minimum Gasteiger partial charge on any atom is -0.461 e. The fourth-order valence-corrected chi connectivity index (χ4v) is 18.4. The molecule has 1 amide bonds. The van der Waals surface area contributed by atoms with E-state index in [-0.39, 0.29) is 117 Å². The average molecular weight is 1550 g/mol. The molecule has 3 aliphatic heterocycles. The molecule has 0 saturated carbocycles. The number of nitrogens with zero attached hydrogens (tertiary/aromatic N) is 4. The number of nitrogens with one attached hydrogen (secondary N) is 2. The summed E-state index contributed by atoms with van der Waals surface area (Å²) in [7, 11) is -15.6. The number of amides is 1. The minimum atomic E-state index is -4.46. The highest BCUT2D eigenvalue weighted by atomic mass is 35.7. The van der Waals surface area contributed by atoms with Crippen molar-refractivity contribution in [3.8, 4) is 0 Å². The Bertz CT molecular complexity index is 4600. The van der Waals surface area contributed by atoms with Crippen molar-refractivity contribution >= 4 is 116 Å². The predicted octanol–water partition coefficient (Wildman–Crippen LogP) is 11.8. The number of ether oxygens (including phenoxy) is 5. The number of para-hydroxylation sites is 3. The van der Waals surface area contributed by atoms with Crippen molar-refractivity contribution in [3.63, 3.8) is 0 Å². The Hall–Kier alpha value is -7.40. The van der Waals surface area contributed by atoms with Crippen LogP contribution in [0.5, 0.6) is 0 Å². The molecule has 5 aromatic carbocycles. The molecular weight excluding hydrogens is 1450 g/mol. The first-order chi connectivity index (χ1) is 49.1. The van der Waals surface area contributed by atoms with Gasteiger partial charge in [-0.2, -0.15) is 8.61 Å². The summed E-state index contributed by atoms with van der Waals surface area (Å²) < 4.78 is 162. The Kier molecular flexibility index (Phi) is 39.0. The van der Waals surface area contributed by atoms with E-state index in [1.807, 2.05) is 90.0 Å². The lowest BCUT2D eigenvalue weighted by Gasteiger charge is -2.30. The second-order valence-corrected chi connectivity index (χ2v) is 30.3. The van der Waals surface area contributed by atoms with Gasteiger partial charge in [0, 0.05) is 71.6 Å². The van der Waals surface area contributed by atoms with Crippen LogP contribution in [0.1, 0.15) is 149 Å². The fraction of sp³-hybridized carbons (Fsp3) is 0.437. The topological polar surface area (TPSA) is 355 Å². The lowest BCUT2D eigenvalue weighted by molar-refractivity contribution is -0.129. The molecule has 8 aromatic rings. The number of fused-ring (bicyclic) bond motifs is 3. The van der Waals surface area contributed by atoms with Crippen LogP contribution in [0.3, 0.4) is 0 Å². The van der Waals surface area contributed by atoms with Gasteiger partial charge in [-0.25, -0.2) is 59.6 Å². The summed E-state index contributed by atoms with van der Waals surface area (Å²) in [6.45, 7) is 35.4. The summed E-state index contributed by atoms with van der Waals surface area (Å²) in [6.07, 6.45) is -0.731. The fourth-order valence-electron chi connectivity index (χ4n) is 10.2. The maximum absolute atomic E-state index is 13.8. The molecule has 0 radical (unpaired) electrons. The molecule has 32 heteroatoms. The monoisotopic (exact) mass is 1550 g/mol. The van der Waals surface area contributed by atoms with Crippen LogP contribution in [0.4, 0.5) is 0 Å². The molecule has 26 nitrogen and oxygen atoms in total. The number of sulfonamides is 2. The number of morpholine rings is 3. The number of esters is 2. The van der Waals surface area contributed by atoms with Crippen LogP contribution in [0.25, 0.3) is 32.7 Å². The molecule has 0 aliphatic carbocycles. The number of benzene rings is 5. The molecule has 4 N–H and O–H groups in total. The lowest BCUT2D eigenvalue weighted by Crippen LogP contribution is -2.44. The van der Waals surface area contributed by atoms with Gasteiger partial charge in [0.25, 0.3) is 35.0 Å². The van der Waals surface area contributed by atoms with Crippen molar-refractivity contribution in [2.24, 2.45) is 5.73 Å². The van der Waals surface area contributed by atoms with E-state index in [2.05, 4.69) is 10.3 Å². The largest absolute Gasteiger partial charge is 0.461 e. The SMILES string of the molecule is CC.CC.CC.CC.CC.CC.CC(=O)C1CNCCO1.CC1CN(S(=O)(=O)c2c(C(N)=O)[nH]c3ccccc23)CCO1.CCOC(=O)c1c(S(=O)(=O)Cl)c2ccccc2n1S(=O)(=O)c1ccccc1.CCOC(=O)c1c(S(=O)(=O)N2CCOC(C)C2)c2ccccc2n1S(=O)(=O)c1ccccc1. The van der Waals surface area contributed by atoms with Crippen molar-refractivity contribution in [1.82, 2.24) is 26.9 Å². The number of ketones is 1. The van der Waals surface area contributed by atoms with Gasteiger partial charge in [-0.05, 0) is 77.1 Å². The van der Waals surface area contributed by atoms with Gasteiger partial charge in [-0.1, -0.05) is 174 Å². The zero-order chi connectivity index (χ0) is 78.2. The summed E-state index contributed by atoms with van der Waals surface area (Å²) in [6, 6.07) is 33.7. The van der Waals surface area contributed by atoms with Gasteiger partial charge < -0.3 is 39.7 Å². The number of nitrogens with two attached hydrogens (primary N) is 1. The van der Waals surface area contributed by atoms with E-state index in [0.717, 1.165) is 10.5 Å². The molecule has 103 heavy (non-hydrogen) atoms. The van der Waals surface area contributed by atoms with E-state index in [9.17, 15) is 61.3 Å². The molecule has 3 fully saturated rings. The van der Waals surface area contributed by atoms with Crippen molar-refractivity contribution < 1.29 is 85.0 Å². The van der Waals surface area contributed by atoms with E-state index in [4.69, 9.17) is 40.1 Å². The van der Waals surface area contributed by atoms with Crippen molar-refractivity contribution in [1.29, 1.82) is 0 Å². The van der Waals surface area contributed by atoms with Gasteiger partial charge >= 0.3 is 11.9 Å². The first-order valence-electron chi connectivity index (χ1n) is 34.2. The Morgan fingerprint density at radius 3 is 1.22 bits per heavy atom. The quantitative estimate of drug-likeness (QED) is 0.0634. The first-order valence-corrected chi connectivity index (χ1v) is 42.3. The molecule has 0 spiro atoms. The second-order valence-electron chi connectivity index (χ2n) is 20.4. The average Bonchev–Trinajstić information content (AvgIpc) is 1.58. The number of carbonyl (C=O) groups is 4. The van der Waals surface area contributed by atoms with E-state index in [1.54, 1.807) is 81.4 Å². The number of hydrogen-bond donors (Lipinski definition) is 3. The molecular formula is C71H102ClN7O19S5. The van der Waals surface area contributed by atoms with E-state index in [1.165, 1.54) is 88.3 Å². The van der Waals surface area contributed by atoms with Gasteiger partial charge in [0.1, 0.15) is 26.5 Å². The molecule has 6 heterocycles. The molecule has 3 unspecified atom stereocenters. The second kappa shape index (κ2) is 43.8. The van der Waals surface area contributed by atoms with E-state index >= 15 is 0 Å². The highest BCUT2D eigenvalue weighted by Gasteiger charge is 2.42. The smallest absolute Gasteiger partial charge is 0.357 e. The maximum atomic E-state index is 13.8. The molecule has 3 aliphatic rings. The predicted molar refractivity (Wildman–Crippen MR) is 403 cm³/mol. The Labute approximate surface area is 613 Å². The summed E-state index contributed by atoms with van der Waals surface area (Å²) in [5.74, 6) is -2.82. The third-order valence-corrected chi connectivity index (χ3v) is 22.9. The number of rotatable bonds is 15. The first kappa shape index (κ1) is 91.7. The van der Waals surface area contributed by atoms with Gasteiger partial charge in [0.05, 0.1) is 66.1 Å². The van der Waals surface area contributed by atoms with Gasteiger partial charge in [0.15, 0.2) is 17.2 Å². The molecule has 3 aromatic heterocycles. The number of carbonyl (C=O) groups excluding carboxylic acids is 4. The van der Waals surface area contributed by atoms with Crippen molar-refractivity contribution in [2.75, 3.05) is 72.3 Å². The van der Waals surface area contributed by atoms with Gasteiger partial charge in [0.2, 0.25) is 20.0 Å². The molecule has 572 valence electrons. The number of primary amides is 1. The zero-order valence-corrected chi connectivity index (χ0v) is 66.6. The van der Waals surface area contributed by atoms with Crippen LogP contribution in [-0.4, -0.2) is 178 Å². The number of hydrogen-bond acceptors (Lipinski definition) is 20. The lowest BCUT2D eigenvalue weighted by atomic mass is 10.2. The minimum absolute atomic E-state index is 0.00336. The summed E-state index contributed by atoms with van der Waals surface area (Å²) in [5, 5.41) is 3.67. The molecule has 0 bridgehead atoms. The Morgan fingerprint density at radius 2 is 0.864 bits per heavy atom. The highest BCUT2D eigenvalue weighted by Crippen LogP contribution is 2.38. The van der Waals surface area contributed by atoms with Crippen LogP contribution < -0.4 is 11.1 Å². The van der Waals surface area contributed by atoms with Crippen molar-refractivity contribution in [3.05, 3.63) is 151 Å². The maximum Gasteiger partial charge on any atom is 0.357 e. The zero-order valence-electron chi connectivity index (χ0n) is 61.8. The Morgan fingerprint density at radius 1 is 0.495 bits per heavy atom. The van der Waals surface area contributed by atoms with E-state index in [0.29, 0.717) is 34.6 Å². The number of aromatic amines is 1. The normalized spacial score (nSPS) is 16.0. The standard InChI is InChI=1S/C22H24N2O7S2.C17H14ClNO6S2.C14H17N3O4S.C6H11NO2.6C2H6/c1-3-30-22(25)20-21(33(28,29)23-13-14-31-16(2)15-23)18-11-7-8-12-19(18)24(20)32(26,27)17-9-5-4-6-10-17;1-2-25-17(20)15-16(26(18,21)22)13-10-6-7-11-14(13)19(15)27(23,24)12-8-4-3-5-9-12;1-9-8-17(6-7-21-9)22(19,20)13-10-4-2-3-5-11(10)16-12(13)14(15)18;1-5(8)6-4-7-2-3-9-6;6*1-2/h4-12,16H,3,13-15H2,1-2H3;3-11H,2H2,1H3;2-5,9,16H,6-8H2,1H3,(H2,15,18);6-7H,2-4H2,1H3;6*1-2H3. The summed E-state index contributed by atoms with van der Waals surface area (Å²) >= 11 is 0. The molecule has 11 rings (SSSR count). The third kappa shape index (κ3) is 22.6.